The van der Waals surface area contributed by atoms with Gasteiger partial charge in [-0.15, -0.1) is 0 Å². The summed E-state index contributed by atoms with van der Waals surface area (Å²) in [4.78, 5) is 1.04. The fourth-order valence-corrected chi connectivity index (χ4v) is 5.36. The highest BCUT2D eigenvalue weighted by Crippen LogP contribution is 2.43. The third-order valence-electron chi connectivity index (χ3n) is 2.75. The first kappa shape index (κ1) is 19.5. The highest BCUT2D eigenvalue weighted by atomic mass is 35.7. The van der Waals surface area contributed by atoms with E-state index in [2.05, 4.69) is 0 Å². The molecule has 0 aliphatic heterocycles. The van der Waals surface area contributed by atoms with E-state index in [1.54, 1.807) is 0 Å². The molecule has 24 heavy (non-hydrogen) atoms. The van der Waals surface area contributed by atoms with Crippen molar-refractivity contribution in [3.05, 3.63) is 36.4 Å². The first-order valence-corrected chi connectivity index (χ1v) is 12.8. The van der Waals surface area contributed by atoms with E-state index in [0.717, 1.165) is 0 Å². The van der Waals surface area contributed by atoms with Crippen LogP contribution in [0, 0.1) is 0 Å². The van der Waals surface area contributed by atoms with E-state index in [-0.39, 0.29) is 21.2 Å². The molecule has 0 unspecified atom stereocenters. The van der Waals surface area contributed by atoms with Crippen molar-refractivity contribution in [1.29, 1.82) is 0 Å². The van der Waals surface area contributed by atoms with Gasteiger partial charge in [0.05, 0.1) is 9.79 Å². The van der Waals surface area contributed by atoms with Crippen molar-refractivity contribution in [2.45, 2.75) is 19.6 Å². The predicted octanol–water partition coefficient (Wildman–Crippen LogP) is 3.51. The molecule has 6 nitrogen and oxygen atoms in total. The largest absolute Gasteiger partial charge is 0.398 e. The predicted molar refractivity (Wildman–Crippen MR) is 99.5 cm³/mol. The summed E-state index contributed by atoms with van der Waals surface area (Å²) in [5, 5.41) is 0. The second-order valence-corrected chi connectivity index (χ2v) is 11.8. The van der Waals surface area contributed by atoms with Gasteiger partial charge in [0.25, 0.3) is 18.1 Å². The number of anilines is 2. The average molecular weight is 445 g/mol. The van der Waals surface area contributed by atoms with Gasteiger partial charge in [-0.1, -0.05) is 21.6 Å². The molecule has 12 heteroatoms. The van der Waals surface area contributed by atoms with Gasteiger partial charge in [0.2, 0.25) is 0 Å². The van der Waals surface area contributed by atoms with E-state index in [1.807, 2.05) is 0 Å². The van der Waals surface area contributed by atoms with Gasteiger partial charge < -0.3 is 11.5 Å². The smallest absolute Gasteiger partial charge is 0.261 e. The summed E-state index contributed by atoms with van der Waals surface area (Å²) in [5.74, 6) is 0. The van der Waals surface area contributed by atoms with E-state index in [1.165, 1.54) is 58.0 Å². The third-order valence-corrected chi connectivity index (χ3v) is 7.96. The Balaban J connectivity index is 2.20. The molecule has 2 aromatic carbocycles. The Morgan fingerprint density at radius 3 is 1.29 bits per heavy atom. The van der Waals surface area contributed by atoms with Crippen LogP contribution < -0.4 is 11.5 Å². The Hall–Kier alpha value is -0.780. The fourth-order valence-electron chi connectivity index (χ4n) is 1.60. The Kier molecular flexibility index (Phi) is 5.88. The third kappa shape index (κ3) is 4.87. The number of rotatable bonds is 5. The van der Waals surface area contributed by atoms with Crippen molar-refractivity contribution in [1.82, 2.24) is 0 Å². The highest BCUT2D eigenvalue weighted by Gasteiger charge is 2.14. The molecule has 0 radical (unpaired) electrons. The van der Waals surface area contributed by atoms with Crippen LogP contribution >= 0.6 is 43.0 Å². The summed E-state index contributed by atoms with van der Waals surface area (Å²) < 4.78 is 45.0. The quantitative estimate of drug-likeness (QED) is 0.408. The number of benzene rings is 2. The molecule has 0 spiro atoms. The summed E-state index contributed by atoms with van der Waals surface area (Å²) in [7, 11) is 5.29. The van der Waals surface area contributed by atoms with Gasteiger partial charge in [-0.05, 0) is 36.4 Å². The van der Waals surface area contributed by atoms with Crippen molar-refractivity contribution in [3.8, 4) is 0 Å². The van der Waals surface area contributed by atoms with Gasteiger partial charge >= 0.3 is 0 Å². The van der Waals surface area contributed by atoms with Crippen LogP contribution in [0.4, 0.5) is 11.4 Å². The van der Waals surface area contributed by atoms with E-state index in [9.17, 15) is 16.8 Å². The number of halogens is 2. The summed E-state index contributed by atoms with van der Waals surface area (Å²) in [6.07, 6.45) is 0. The van der Waals surface area contributed by atoms with E-state index < -0.39 is 18.1 Å². The molecule has 0 heterocycles. The lowest BCUT2D eigenvalue weighted by Gasteiger charge is -2.08. The zero-order valence-corrected chi connectivity index (χ0v) is 16.4. The van der Waals surface area contributed by atoms with E-state index >= 15 is 0 Å². The van der Waals surface area contributed by atoms with Crippen molar-refractivity contribution < 1.29 is 16.8 Å². The number of hydrogen-bond acceptors (Lipinski definition) is 8. The molecule has 2 aromatic rings. The number of nitrogen functional groups attached to an aromatic ring is 2. The second-order valence-electron chi connectivity index (χ2n) is 4.44. The highest BCUT2D eigenvalue weighted by molar-refractivity contribution is 8.76. The van der Waals surface area contributed by atoms with Gasteiger partial charge in [-0.25, -0.2) is 16.8 Å². The minimum absolute atomic E-state index is 0.0906. The maximum Gasteiger partial charge on any atom is 0.261 e. The molecular weight excluding hydrogens is 435 g/mol. The topological polar surface area (TPSA) is 120 Å². The lowest BCUT2D eigenvalue weighted by molar-refractivity contribution is 0.608. The molecule has 2 rings (SSSR count). The molecule has 0 aromatic heterocycles. The molecule has 0 bridgehead atoms. The SMILES string of the molecule is Nc1cc(S(=O)(=O)Cl)ccc1SSc1ccc(S(=O)(=O)Cl)cc1N. The van der Waals surface area contributed by atoms with Crippen LogP contribution in [0.1, 0.15) is 0 Å². The molecule has 0 saturated heterocycles. The fraction of sp³-hybridized carbons (Fsp3) is 0. The molecule has 0 aliphatic carbocycles. The standard InChI is InChI=1S/C12H10Cl2N2O4S4/c13-23(17,18)7-1-3-11(9(15)5-7)21-22-12-4-2-8(6-10(12)16)24(14,19)20/h1-6H,15-16H2. The van der Waals surface area contributed by atoms with Crippen molar-refractivity contribution in [3.63, 3.8) is 0 Å². The summed E-state index contributed by atoms with van der Waals surface area (Å²) in [6.45, 7) is 0. The molecule has 0 fully saturated rings. The molecule has 0 atom stereocenters. The Morgan fingerprint density at radius 1 is 0.708 bits per heavy atom. The van der Waals surface area contributed by atoms with Crippen molar-refractivity contribution in [2.75, 3.05) is 11.5 Å². The summed E-state index contributed by atoms with van der Waals surface area (Å²) in [5.41, 5.74) is 12.1. The lowest BCUT2D eigenvalue weighted by Crippen LogP contribution is -1.95. The maximum atomic E-state index is 11.3. The molecule has 4 N–H and O–H groups in total. The molecule has 130 valence electrons. The van der Waals surface area contributed by atoms with Crippen LogP contribution in [-0.2, 0) is 18.1 Å². The first-order chi connectivity index (χ1) is 11.0. The van der Waals surface area contributed by atoms with Gasteiger partial charge in [0, 0.05) is 42.5 Å². The molecule has 0 aliphatic rings. The van der Waals surface area contributed by atoms with Gasteiger partial charge in [0.1, 0.15) is 0 Å². The van der Waals surface area contributed by atoms with Crippen LogP contribution in [0.2, 0.25) is 0 Å². The molecule has 0 amide bonds. The first-order valence-electron chi connectivity index (χ1n) is 6.01. The van der Waals surface area contributed by atoms with Crippen LogP contribution in [0.3, 0.4) is 0 Å². The van der Waals surface area contributed by atoms with Gasteiger partial charge in [-0.3, -0.25) is 0 Å². The minimum atomic E-state index is -3.85. The normalized spacial score (nSPS) is 12.2. The van der Waals surface area contributed by atoms with Crippen molar-refractivity contribution >= 4 is 72.4 Å². The van der Waals surface area contributed by atoms with Crippen molar-refractivity contribution in [2.24, 2.45) is 0 Å². The van der Waals surface area contributed by atoms with E-state index in [0.29, 0.717) is 9.79 Å². The monoisotopic (exact) mass is 444 g/mol. The van der Waals surface area contributed by atoms with Crippen LogP contribution in [0.25, 0.3) is 0 Å². The Labute approximate surface area is 156 Å². The molecule has 0 saturated carbocycles. The lowest BCUT2D eigenvalue weighted by atomic mass is 10.3. The van der Waals surface area contributed by atoms with Gasteiger partial charge in [0.15, 0.2) is 0 Å². The maximum absolute atomic E-state index is 11.3. The molecular formula is C12H10Cl2N2O4S4. The van der Waals surface area contributed by atoms with Crippen LogP contribution in [0.5, 0.6) is 0 Å². The summed E-state index contributed by atoms with van der Waals surface area (Å²) in [6, 6.07) is 8.25. The van der Waals surface area contributed by atoms with Gasteiger partial charge in [-0.2, -0.15) is 0 Å². The number of hydrogen-bond donors (Lipinski definition) is 2. The average Bonchev–Trinajstić information content (AvgIpc) is 2.45. The van der Waals surface area contributed by atoms with Crippen LogP contribution in [-0.4, -0.2) is 16.8 Å². The minimum Gasteiger partial charge on any atom is -0.398 e. The zero-order chi connectivity index (χ0) is 18.1. The Bertz CT molecular complexity index is 913. The zero-order valence-electron chi connectivity index (χ0n) is 11.6. The number of nitrogens with two attached hydrogens (primary N) is 2. The summed E-state index contributed by atoms with van der Waals surface area (Å²) >= 11 is 0. The van der Waals surface area contributed by atoms with Crippen LogP contribution in [0.15, 0.2) is 56.0 Å². The Morgan fingerprint density at radius 2 is 1.04 bits per heavy atom. The second kappa shape index (κ2) is 7.22. The van der Waals surface area contributed by atoms with E-state index in [4.69, 9.17) is 32.8 Å².